The Bertz CT molecular complexity index is 1260. The normalized spacial score (nSPS) is 12.0. The van der Waals surface area contributed by atoms with Gasteiger partial charge in [0.2, 0.25) is 0 Å². The van der Waals surface area contributed by atoms with Gasteiger partial charge in [-0.15, -0.1) is 10.2 Å². The fraction of sp³-hybridized carbons (Fsp3) is 0.0625. The monoisotopic (exact) mass is 442 g/mol. The molecule has 1 heterocycles. The van der Waals surface area contributed by atoms with Crippen molar-refractivity contribution in [3.8, 4) is 11.4 Å². The van der Waals surface area contributed by atoms with E-state index in [0.29, 0.717) is 16.4 Å². The predicted octanol–water partition coefficient (Wildman–Crippen LogP) is 4.15. The minimum absolute atomic E-state index is 0.0901. The van der Waals surface area contributed by atoms with Crippen molar-refractivity contribution in [2.45, 2.75) is 11.8 Å². The fourth-order valence-corrected chi connectivity index (χ4v) is 3.52. The molecule has 0 atom stereocenters. The van der Waals surface area contributed by atoms with Crippen LogP contribution in [0.4, 0.5) is 11.4 Å². The van der Waals surface area contributed by atoms with Crippen LogP contribution in [0.15, 0.2) is 56.3 Å². The van der Waals surface area contributed by atoms with Gasteiger partial charge in [0.1, 0.15) is 10.6 Å². The standard InChI is InChI=1S/C16H12Cl2N4O5S/c1-8-14(16(24)22(21-8)12-5-3-2-4-10(12)18)20-19-11-6-9(17)7-13(15(11)23)28(25,26)27/h2-7,21,23H,1H3,(H,25,26,27). The van der Waals surface area contributed by atoms with Crippen LogP contribution in [0.1, 0.15) is 5.69 Å². The van der Waals surface area contributed by atoms with Crippen LogP contribution < -0.4 is 5.56 Å². The number of hydrogen-bond donors (Lipinski definition) is 3. The highest BCUT2D eigenvalue weighted by Crippen LogP contribution is 2.37. The van der Waals surface area contributed by atoms with Gasteiger partial charge >= 0.3 is 0 Å². The van der Waals surface area contributed by atoms with Crippen molar-refractivity contribution >= 4 is 44.7 Å². The van der Waals surface area contributed by atoms with Crippen LogP contribution in [-0.4, -0.2) is 27.9 Å². The first-order chi connectivity index (χ1) is 13.1. The second-order valence-corrected chi connectivity index (χ2v) is 7.86. The first kappa shape index (κ1) is 20.1. The molecule has 1 aromatic heterocycles. The van der Waals surface area contributed by atoms with Gasteiger partial charge in [0.15, 0.2) is 11.4 Å². The van der Waals surface area contributed by atoms with Crippen LogP contribution in [-0.2, 0) is 10.1 Å². The minimum Gasteiger partial charge on any atom is -0.504 e. The summed E-state index contributed by atoms with van der Waals surface area (Å²) in [7, 11) is -4.74. The van der Waals surface area contributed by atoms with Crippen molar-refractivity contribution in [2.75, 3.05) is 0 Å². The Labute approximate surface area is 168 Å². The van der Waals surface area contributed by atoms with E-state index >= 15 is 0 Å². The third-order valence-electron chi connectivity index (χ3n) is 3.69. The van der Waals surface area contributed by atoms with Crippen LogP contribution in [0.3, 0.4) is 0 Å². The number of phenolic OH excluding ortho intramolecular Hbond substituents is 1. The van der Waals surface area contributed by atoms with Gasteiger partial charge in [-0.25, -0.2) is 4.68 Å². The van der Waals surface area contributed by atoms with E-state index in [1.807, 2.05) is 0 Å². The molecule has 9 nitrogen and oxygen atoms in total. The molecule has 0 bridgehead atoms. The van der Waals surface area contributed by atoms with Gasteiger partial charge in [-0.2, -0.15) is 8.42 Å². The molecule has 146 valence electrons. The maximum absolute atomic E-state index is 12.6. The Balaban J connectivity index is 2.09. The molecule has 0 saturated carbocycles. The Morgan fingerprint density at radius 2 is 1.82 bits per heavy atom. The number of azo groups is 1. The van der Waals surface area contributed by atoms with Crippen molar-refractivity contribution < 1.29 is 18.1 Å². The summed E-state index contributed by atoms with van der Waals surface area (Å²) in [5.74, 6) is -0.852. The molecule has 0 aliphatic carbocycles. The van der Waals surface area contributed by atoms with Gasteiger partial charge in [-0.1, -0.05) is 35.3 Å². The van der Waals surface area contributed by atoms with Gasteiger partial charge in [0.05, 0.1) is 16.4 Å². The van der Waals surface area contributed by atoms with Crippen LogP contribution in [0.2, 0.25) is 10.0 Å². The van der Waals surface area contributed by atoms with E-state index in [4.69, 9.17) is 27.8 Å². The second kappa shape index (κ2) is 7.40. The number of aromatic nitrogens is 2. The zero-order valence-corrected chi connectivity index (χ0v) is 16.4. The summed E-state index contributed by atoms with van der Waals surface area (Å²) in [4.78, 5) is 11.8. The SMILES string of the molecule is Cc1[nH]n(-c2ccccc2Cl)c(=O)c1N=Nc1cc(Cl)cc(S(=O)(=O)O)c1O. The average molecular weight is 443 g/mol. The number of para-hydroxylation sites is 1. The number of aromatic hydroxyl groups is 1. The molecule has 2 aromatic carbocycles. The zero-order chi connectivity index (χ0) is 20.6. The zero-order valence-electron chi connectivity index (χ0n) is 14.1. The van der Waals surface area contributed by atoms with Crippen molar-refractivity contribution in [1.82, 2.24) is 9.78 Å². The molecule has 0 amide bonds. The lowest BCUT2D eigenvalue weighted by atomic mass is 10.3. The van der Waals surface area contributed by atoms with Crippen LogP contribution >= 0.6 is 23.2 Å². The number of nitrogens with zero attached hydrogens (tertiary/aromatic N) is 3. The van der Waals surface area contributed by atoms with Gasteiger partial charge < -0.3 is 5.11 Å². The Hall–Kier alpha value is -2.66. The fourth-order valence-electron chi connectivity index (χ4n) is 2.40. The maximum atomic E-state index is 12.6. The topological polar surface area (TPSA) is 137 Å². The van der Waals surface area contributed by atoms with Gasteiger partial charge in [-0.05, 0) is 31.2 Å². The van der Waals surface area contributed by atoms with E-state index in [1.165, 1.54) is 4.68 Å². The summed E-state index contributed by atoms with van der Waals surface area (Å²) in [6.45, 7) is 1.57. The lowest BCUT2D eigenvalue weighted by molar-refractivity contribution is 0.444. The lowest BCUT2D eigenvalue weighted by Crippen LogP contribution is -2.14. The number of aromatic amines is 1. The number of hydrogen-bond acceptors (Lipinski definition) is 6. The van der Waals surface area contributed by atoms with Crippen LogP contribution in [0, 0.1) is 6.92 Å². The molecule has 3 N–H and O–H groups in total. The Kier molecular flexibility index (Phi) is 5.31. The quantitative estimate of drug-likeness (QED) is 0.411. The second-order valence-electron chi connectivity index (χ2n) is 5.62. The number of halogens is 2. The highest BCUT2D eigenvalue weighted by atomic mass is 35.5. The van der Waals surface area contributed by atoms with E-state index < -0.39 is 26.3 Å². The molecular weight excluding hydrogens is 431 g/mol. The third kappa shape index (κ3) is 3.80. The van der Waals surface area contributed by atoms with Crippen molar-refractivity contribution in [2.24, 2.45) is 10.2 Å². The first-order valence-electron chi connectivity index (χ1n) is 7.58. The number of nitrogens with one attached hydrogen (secondary N) is 1. The smallest absolute Gasteiger partial charge is 0.299 e. The van der Waals surface area contributed by atoms with Crippen molar-refractivity contribution in [1.29, 1.82) is 0 Å². The van der Waals surface area contributed by atoms with E-state index in [1.54, 1.807) is 31.2 Å². The maximum Gasteiger partial charge on any atom is 0.299 e. The van der Waals surface area contributed by atoms with E-state index in [2.05, 4.69) is 15.3 Å². The van der Waals surface area contributed by atoms with Gasteiger partial charge in [0.25, 0.3) is 15.7 Å². The van der Waals surface area contributed by atoms with Gasteiger partial charge in [-0.3, -0.25) is 14.4 Å². The summed E-state index contributed by atoms with van der Waals surface area (Å²) >= 11 is 11.9. The van der Waals surface area contributed by atoms with E-state index in [9.17, 15) is 18.3 Å². The summed E-state index contributed by atoms with van der Waals surface area (Å²) in [6.07, 6.45) is 0. The molecule has 12 heteroatoms. The highest BCUT2D eigenvalue weighted by Gasteiger charge is 2.20. The molecule has 3 aromatic rings. The highest BCUT2D eigenvalue weighted by molar-refractivity contribution is 7.86. The summed E-state index contributed by atoms with van der Waals surface area (Å²) in [5, 5.41) is 20.6. The molecule has 0 radical (unpaired) electrons. The largest absolute Gasteiger partial charge is 0.504 e. The van der Waals surface area contributed by atoms with Crippen LogP contribution in [0.5, 0.6) is 5.75 Å². The Morgan fingerprint density at radius 1 is 1.14 bits per heavy atom. The molecular formula is C16H12Cl2N4O5S. The van der Waals surface area contributed by atoms with E-state index in [0.717, 1.165) is 12.1 Å². The van der Waals surface area contributed by atoms with Crippen molar-refractivity contribution in [3.63, 3.8) is 0 Å². The molecule has 0 unspecified atom stereocenters. The Morgan fingerprint density at radius 3 is 2.46 bits per heavy atom. The number of H-pyrrole nitrogens is 1. The first-order valence-corrected chi connectivity index (χ1v) is 9.77. The number of rotatable bonds is 4. The number of phenols is 1. The molecule has 3 rings (SSSR count). The lowest BCUT2D eigenvalue weighted by Gasteiger charge is -2.04. The summed E-state index contributed by atoms with van der Waals surface area (Å²) in [5.41, 5.74) is -0.244. The molecule has 0 aliphatic heterocycles. The minimum atomic E-state index is -4.74. The molecule has 0 fully saturated rings. The third-order valence-corrected chi connectivity index (χ3v) is 5.09. The van der Waals surface area contributed by atoms with Gasteiger partial charge in [0, 0.05) is 5.02 Å². The van der Waals surface area contributed by atoms with Crippen molar-refractivity contribution in [3.05, 3.63) is 62.5 Å². The molecule has 28 heavy (non-hydrogen) atoms. The molecule has 0 aliphatic rings. The van der Waals surface area contributed by atoms with E-state index in [-0.39, 0.29) is 16.4 Å². The summed E-state index contributed by atoms with van der Waals surface area (Å²) < 4.78 is 33.0. The number of aryl methyl sites for hydroxylation is 1. The average Bonchev–Trinajstić information content (AvgIpc) is 2.89. The predicted molar refractivity (Wildman–Crippen MR) is 103 cm³/mol. The molecule has 0 saturated heterocycles. The summed E-state index contributed by atoms with van der Waals surface area (Å²) in [6, 6.07) is 8.64. The number of benzene rings is 2. The molecule has 0 spiro atoms. The van der Waals surface area contributed by atoms with Crippen LogP contribution in [0.25, 0.3) is 5.69 Å².